The van der Waals surface area contributed by atoms with Gasteiger partial charge in [0.2, 0.25) is 5.55 Å². The van der Waals surface area contributed by atoms with E-state index in [2.05, 4.69) is 25.0 Å². The molecule has 2 N–H and O–H groups in total. The number of nitrogens with two attached hydrogens (primary N) is 1. The second-order valence-electron chi connectivity index (χ2n) is 5.54. The summed E-state index contributed by atoms with van der Waals surface area (Å²) in [4.78, 5) is 0. The summed E-state index contributed by atoms with van der Waals surface area (Å²) < 4.78 is 11.7. The standard InChI is InChI=1S/C16H16N2O2/c1-8-6-12-14(15-13(8)9(2)7-19-15)10-4-3-5-11(10)16(18-17)20-12/h6-7H,3-5,17H2,1-2H3/b18-16-. The van der Waals surface area contributed by atoms with Crippen molar-refractivity contribution >= 4 is 21.9 Å². The first-order valence-corrected chi connectivity index (χ1v) is 6.90. The third-order valence-electron chi connectivity index (χ3n) is 4.29. The molecule has 4 rings (SSSR count). The Kier molecular flexibility index (Phi) is 2.25. The highest BCUT2D eigenvalue weighted by molar-refractivity contribution is 6.07. The number of hydrogen-bond acceptors (Lipinski definition) is 4. The van der Waals surface area contributed by atoms with Gasteiger partial charge in [0.15, 0.2) is 0 Å². The summed E-state index contributed by atoms with van der Waals surface area (Å²) >= 11 is 0. The Balaban J connectivity index is 2.31. The van der Waals surface area contributed by atoms with Crippen LogP contribution in [0.1, 0.15) is 28.7 Å². The molecule has 20 heavy (non-hydrogen) atoms. The van der Waals surface area contributed by atoms with E-state index in [1.807, 2.05) is 6.26 Å². The first-order valence-electron chi connectivity index (χ1n) is 6.90. The molecular weight excluding hydrogens is 252 g/mol. The van der Waals surface area contributed by atoms with E-state index in [0.29, 0.717) is 5.55 Å². The SMILES string of the molecule is Cc1coc2c1c(C)cc1o/c(=N\N)c3c(c12)CCC3. The lowest BCUT2D eigenvalue weighted by atomic mass is 10.0. The lowest BCUT2D eigenvalue weighted by Gasteiger charge is -2.08. The minimum Gasteiger partial charge on any atom is -0.463 e. The maximum absolute atomic E-state index is 5.90. The molecule has 0 aliphatic heterocycles. The summed E-state index contributed by atoms with van der Waals surface area (Å²) in [7, 11) is 0. The van der Waals surface area contributed by atoms with E-state index in [9.17, 15) is 0 Å². The number of aryl methyl sites for hydroxylation is 3. The quantitative estimate of drug-likeness (QED) is 0.503. The Morgan fingerprint density at radius 1 is 1.10 bits per heavy atom. The van der Waals surface area contributed by atoms with Crippen molar-refractivity contribution in [1.29, 1.82) is 0 Å². The van der Waals surface area contributed by atoms with Gasteiger partial charge in [-0.05, 0) is 55.9 Å². The normalized spacial score (nSPS) is 15.4. The summed E-state index contributed by atoms with van der Waals surface area (Å²) in [5.41, 5.74) is 7.06. The monoisotopic (exact) mass is 268 g/mol. The zero-order valence-corrected chi connectivity index (χ0v) is 11.6. The van der Waals surface area contributed by atoms with Crippen LogP contribution in [-0.4, -0.2) is 0 Å². The summed E-state index contributed by atoms with van der Waals surface area (Å²) in [6, 6.07) is 2.06. The van der Waals surface area contributed by atoms with E-state index in [4.69, 9.17) is 14.7 Å². The van der Waals surface area contributed by atoms with Gasteiger partial charge in [-0.1, -0.05) is 0 Å². The lowest BCUT2D eigenvalue weighted by molar-refractivity contribution is 0.527. The molecule has 2 aromatic heterocycles. The van der Waals surface area contributed by atoms with Gasteiger partial charge in [0.1, 0.15) is 11.2 Å². The molecule has 1 aliphatic carbocycles. The van der Waals surface area contributed by atoms with Gasteiger partial charge in [-0.3, -0.25) is 0 Å². The second kappa shape index (κ2) is 3.88. The fraction of sp³-hybridized carbons (Fsp3) is 0.312. The smallest absolute Gasteiger partial charge is 0.239 e. The summed E-state index contributed by atoms with van der Waals surface area (Å²) in [6.45, 7) is 4.15. The van der Waals surface area contributed by atoms with Gasteiger partial charge in [0.05, 0.1) is 11.6 Å². The lowest BCUT2D eigenvalue weighted by Crippen LogP contribution is -2.12. The van der Waals surface area contributed by atoms with Crippen LogP contribution in [0, 0.1) is 13.8 Å². The minimum atomic E-state index is 0.562. The van der Waals surface area contributed by atoms with Gasteiger partial charge in [-0.2, -0.15) is 0 Å². The molecule has 0 amide bonds. The number of hydrogen-bond donors (Lipinski definition) is 1. The number of furan rings is 1. The van der Waals surface area contributed by atoms with Gasteiger partial charge in [-0.15, -0.1) is 5.10 Å². The van der Waals surface area contributed by atoms with E-state index in [1.165, 1.54) is 16.5 Å². The second-order valence-corrected chi connectivity index (χ2v) is 5.54. The average Bonchev–Trinajstić information content (AvgIpc) is 3.05. The number of benzene rings is 1. The van der Waals surface area contributed by atoms with E-state index in [-0.39, 0.29) is 0 Å². The predicted molar refractivity (Wildman–Crippen MR) is 77.2 cm³/mol. The van der Waals surface area contributed by atoms with Crippen molar-refractivity contribution in [2.45, 2.75) is 33.1 Å². The highest BCUT2D eigenvalue weighted by Gasteiger charge is 2.22. The molecule has 0 unspecified atom stereocenters. The topological polar surface area (TPSA) is 64.7 Å². The Labute approximate surface area is 115 Å². The van der Waals surface area contributed by atoms with Gasteiger partial charge < -0.3 is 14.7 Å². The molecular formula is C16H16N2O2. The molecule has 0 saturated carbocycles. The van der Waals surface area contributed by atoms with Crippen molar-refractivity contribution in [3.63, 3.8) is 0 Å². The molecule has 3 aromatic rings. The van der Waals surface area contributed by atoms with Crippen molar-refractivity contribution in [2.75, 3.05) is 0 Å². The van der Waals surface area contributed by atoms with Crippen LogP contribution in [-0.2, 0) is 12.8 Å². The molecule has 0 fully saturated rings. The van der Waals surface area contributed by atoms with E-state index in [1.54, 1.807) is 0 Å². The first kappa shape index (κ1) is 11.6. The summed E-state index contributed by atoms with van der Waals surface area (Å²) in [5, 5.41) is 6.10. The van der Waals surface area contributed by atoms with Crippen LogP contribution in [0.5, 0.6) is 0 Å². The van der Waals surface area contributed by atoms with Crippen molar-refractivity contribution in [2.24, 2.45) is 10.9 Å². The molecule has 4 heteroatoms. The van der Waals surface area contributed by atoms with E-state index < -0.39 is 0 Å². The molecule has 1 aromatic carbocycles. The van der Waals surface area contributed by atoms with Gasteiger partial charge in [0.25, 0.3) is 0 Å². The maximum atomic E-state index is 5.90. The van der Waals surface area contributed by atoms with E-state index >= 15 is 0 Å². The third kappa shape index (κ3) is 1.33. The Hall–Kier alpha value is -2.23. The minimum absolute atomic E-state index is 0.562. The molecule has 4 nitrogen and oxygen atoms in total. The maximum Gasteiger partial charge on any atom is 0.239 e. The van der Waals surface area contributed by atoms with Gasteiger partial charge >= 0.3 is 0 Å². The fourth-order valence-electron chi connectivity index (χ4n) is 3.46. The van der Waals surface area contributed by atoms with Crippen molar-refractivity contribution < 1.29 is 8.83 Å². The highest BCUT2D eigenvalue weighted by Crippen LogP contribution is 2.36. The van der Waals surface area contributed by atoms with Crippen LogP contribution in [0.15, 0.2) is 26.3 Å². The van der Waals surface area contributed by atoms with Gasteiger partial charge in [-0.25, -0.2) is 0 Å². The van der Waals surface area contributed by atoms with Crippen molar-refractivity contribution in [1.82, 2.24) is 0 Å². The Morgan fingerprint density at radius 3 is 2.70 bits per heavy atom. The Bertz CT molecular complexity index is 916. The van der Waals surface area contributed by atoms with Crippen LogP contribution in [0.3, 0.4) is 0 Å². The third-order valence-corrected chi connectivity index (χ3v) is 4.29. The fourth-order valence-corrected chi connectivity index (χ4v) is 3.46. The number of nitrogens with zero attached hydrogens (tertiary/aromatic N) is 1. The zero-order valence-electron chi connectivity index (χ0n) is 11.6. The zero-order chi connectivity index (χ0) is 13.9. The van der Waals surface area contributed by atoms with Crippen LogP contribution in [0.2, 0.25) is 0 Å². The summed E-state index contributed by atoms with van der Waals surface area (Å²) in [5.74, 6) is 5.48. The molecule has 0 spiro atoms. The number of rotatable bonds is 0. The molecule has 2 heterocycles. The number of fused-ring (bicyclic) bond motifs is 5. The summed E-state index contributed by atoms with van der Waals surface area (Å²) in [6.07, 6.45) is 4.93. The predicted octanol–water partition coefficient (Wildman–Crippen LogP) is 3.06. The van der Waals surface area contributed by atoms with Crippen LogP contribution in [0.25, 0.3) is 21.9 Å². The molecule has 0 atom stereocenters. The molecule has 0 bridgehead atoms. The first-order chi connectivity index (χ1) is 9.70. The largest absolute Gasteiger partial charge is 0.463 e. The molecule has 102 valence electrons. The van der Waals surface area contributed by atoms with Crippen LogP contribution < -0.4 is 11.4 Å². The van der Waals surface area contributed by atoms with Gasteiger partial charge in [0, 0.05) is 10.9 Å². The molecule has 0 saturated heterocycles. The molecule has 0 radical (unpaired) electrons. The van der Waals surface area contributed by atoms with Crippen molar-refractivity contribution in [3.8, 4) is 0 Å². The Morgan fingerprint density at radius 2 is 1.90 bits per heavy atom. The average molecular weight is 268 g/mol. The van der Waals surface area contributed by atoms with Crippen LogP contribution >= 0.6 is 0 Å². The van der Waals surface area contributed by atoms with Crippen LogP contribution in [0.4, 0.5) is 0 Å². The van der Waals surface area contributed by atoms with Crippen molar-refractivity contribution in [3.05, 3.63) is 40.1 Å². The molecule has 1 aliphatic rings. The van der Waals surface area contributed by atoms with E-state index in [0.717, 1.165) is 46.9 Å². The highest BCUT2D eigenvalue weighted by atomic mass is 16.3.